The molecule has 1 saturated carbocycles. The second kappa shape index (κ2) is 7.92. The number of ketones is 1. The largest absolute Gasteiger partial charge is 0.454 e. The molecule has 27 heavy (non-hydrogen) atoms. The van der Waals surface area contributed by atoms with Gasteiger partial charge in [-0.15, -0.1) is 0 Å². The maximum absolute atomic E-state index is 12.4. The predicted molar refractivity (Wildman–Crippen MR) is 103 cm³/mol. The number of ether oxygens (including phenoxy) is 1. The van der Waals surface area contributed by atoms with Crippen LogP contribution in [0.15, 0.2) is 51.8 Å². The van der Waals surface area contributed by atoms with Crippen LogP contribution in [0, 0.1) is 6.92 Å². The SMILES string of the molecule is Cc1ccc(S(=O)(=O)NC2CC2)cc1C(=O)OCC(=O)c1ccc(Br)cc1. The Morgan fingerprint density at radius 1 is 1.15 bits per heavy atom. The van der Waals surface area contributed by atoms with Crippen LogP contribution in [-0.4, -0.2) is 32.8 Å². The van der Waals surface area contributed by atoms with Crippen molar-refractivity contribution in [3.8, 4) is 0 Å². The molecule has 0 heterocycles. The lowest BCUT2D eigenvalue weighted by Gasteiger charge is -2.10. The second-order valence-electron chi connectivity index (χ2n) is 6.38. The number of aryl methyl sites for hydroxylation is 1. The average molecular weight is 452 g/mol. The molecule has 1 N–H and O–H groups in total. The summed E-state index contributed by atoms with van der Waals surface area (Å²) in [4.78, 5) is 24.5. The molecule has 2 aromatic carbocycles. The highest BCUT2D eigenvalue weighted by molar-refractivity contribution is 9.10. The molecule has 0 atom stereocenters. The molecule has 6 nitrogen and oxygen atoms in total. The van der Waals surface area contributed by atoms with E-state index in [0.717, 1.165) is 17.3 Å². The summed E-state index contributed by atoms with van der Waals surface area (Å²) < 4.78 is 33.2. The molecule has 0 aliphatic heterocycles. The average Bonchev–Trinajstić information content (AvgIpc) is 3.43. The van der Waals surface area contributed by atoms with Gasteiger partial charge in [-0.25, -0.2) is 17.9 Å². The zero-order valence-corrected chi connectivity index (χ0v) is 17.0. The van der Waals surface area contributed by atoms with E-state index in [9.17, 15) is 18.0 Å². The van der Waals surface area contributed by atoms with Crippen LogP contribution in [-0.2, 0) is 14.8 Å². The summed E-state index contributed by atoms with van der Waals surface area (Å²) in [5.74, 6) is -1.07. The molecule has 0 saturated heterocycles. The molecule has 0 aromatic heterocycles. The van der Waals surface area contributed by atoms with Gasteiger partial charge in [-0.2, -0.15) is 0 Å². The Morgan fingerprint density at radius 2 is 1.81 bits per heavy atom. The maximum atomic E-state index is 12.4. The van der Waals surface area contributed by atoms with Crippen molar-refractivity contribution >= 4 is 37.7 Å². The predicted octanol–water partition coefficient (Wildman–Crippen LogP) is 3.24. The minimum Gasteiger partial charge on any atom is -0.454 e. The van der Waals surface area contributed by atoms with Gasteiger partial charge in [0, 0.05) is 16.1 Å². The number of benzene rings is 2. The molecule has 0 spiro atoms. The fraction of sp³-hybridized carbons (Fsp3) is 0.263. The fourth-order valence-corrected chi connectivity index (χ4v) is 4.00. The van der Waals surface area contributed by atoms with Gasteiger partial charge in [0.15, 0.2) is 12.4 Å². The zero-order valence-electron chi connectivity index (χ0n) is 14.6. The molecule has 0 bridgehead atoms. The normalized spacial score (nSPS) is 14.0. The molecular formula is C19H18BrNO5S. The second-order valence-corrected chi connectivity index (χ2v) is 9.01. The fourth-order valence-electron chi connectivity index (χ4n) is 2.40. The van der Waals surface area contributed by atoms with Crippen LogP contribution in [0.5, 0.6) is 0 Å². The van der Waals surface area contributed by atoms with Crippen molar-refractivity contribution in [1.29, 1.82) is 0 Å². The summed E-state index contributed by atoms with van der Waals surface area (Å²) in [6.07, 6.45) is 1.64. The number of rotatable bonds is 7. The van der Waals surface area contributed by atoms with E-state index in [-0.39, 0.29) is 22.3 Å². The Hall–Kier alpha value is -2.03. The van der Waals surface area contributed by atoms with Crippen LogP contribution < -0.4 is 4.72 Å². The lowest BCUT2D eigenvalue weighted by molar-refractivity contribution is 0.0473. The van der Waals surface area contributed by atoms with Crippen molar-refractivity contribution in [3.63, 3.8) is 0 Å². The van der Waals surface area contributed by atoms with Crippen LogP contribution >= 0.6 is 15.9 Å². The minimum absolute atomic E-state index is 0.00573. The van der Waals surface area contributed by atoms with E-state index in [1.807, 2.05) is 0 Å². The van der Waals surface area contributed by atoms with Gasteiger partial charge >= 0.3 is 5.97 Å². The van der Waals surface area contributed by atoms with Gasteiger partial charge in [-0.1, -0.05) is 34.1 Å². The maximum Gasteiger partial charge on any atom is 0.338 e. The smallest absolute Gasteiger partial charge is 0.338 e. The summed E-state index contributed by atoms with van der Waals surface area (Å²) >= 11 is 3.29. The third-order valence-corrected chi connectivity index (χ3v) is 6.19. The number of Topliss-reactive ketones (excluding diaryl/α,β-unsaturated/α-hetero) is 1. The van der Waals surface area contributed by atoms with Gasteiger partial charge < -0.3 is 4.74 Å². The number of hydrogen-bond donors (Lipinski definition) is 1. The van der Waals surface area contributed by atoms with E-state index >= 15 is 0 Å². The van der Waals surface area contributed by atoms with Crippen LogP contribution in [0.3, 0.4) is 0 Å². The van der Waals surface area contributed by atoms with Gasteiger partial charge in [0.1, 0.15) is 0 Å². The van der Waals surface area contributed by atoms with Gasteiger partial charge in [0.05, 0.1) is 10.5 Å². The summed E-state index contributed by atoms with van der Waals surface area (Å²) in [6, 6.07) is 11.0. The highest BCUT2D eigenvalue weighted by atomic mass is 79.9. The molecule has 0 unspecified atom stereocenters. The van der Waals surface area contributed by atoms with Gasteiger partial charge in [-0.05, 0) is 49.6 Å². The van der Waals surface area contributed by atoms with Crippen molar-refractivity contribution in [2.75, 3.05) is 6.61 Å². The first-order valence-corrected chi connectivity index (χ1v) is 10.6. The summed E-state index contributed by atoms with van der Waals surface area (Å²) in [5.41, 5.74) is 1.12. The standard InChI is InChI=1S/C19H18BrNO5S/c1-12-2-9-16(27(24,25)21-15-7-8-15)10-17(12)19(23)26-11-18(22)13-3-5-14(20)6-4-13/h2-6,9-10,15,21H,7-8,11H2,1H3. The highest BCUT2D eigenvalue weighted by Crippen LogP contribution is 2.23. The van der Waals surface area contributed by atoms with Crippen molar-refractivity contribution in [3.05, 3.63) is 63.6 Å². The number of halogens is 1. The first-order chi connectivity index (χ1) is 12.8. The molecule has 1 aliphatic rings. The Labute approximate surface area is 166 Å². The van der Waals surface area contributed by atoms with Crippen molar-refractivity contribution in [1.82, 2.24) is 4.72 Å². The zero-order chi connectivity index (χ0) is 19.6. The topological polar surface area (TPSA) is 89.5 Å². The number of hydrogen-bond acceptors (Lipinski definition) is 5. The summed E-state index contributed by atoms with van der Waals surface area (Å²) in [7, 11) is -3.68. The van der Waals surface area contributed by atoms with Crippen LogP contribution in [0.2, 0.25) is 0 Å². The van der Waals surface area contributed by atoms with Crippen molar-refractivity contribution in [2.24, 2.45) is 0 Å². The number of carbonyl (C=O) groups excluding carboxylic acids is 2. The van der Waals surface area contributed by atoms with E-state index in [4.69, 9.17) is 4.74 Å². The van der Waals surface area contributed by atoms with Gasteiger partial charge in [0.2, 0.25) is 10.0 Å². The van der Waals surface area contributed by atoms with Crippen LogP contribution in [0.1, 0.15) is 39.1 Å². The quantitative estimate of drug-likeness (QED) is 0.515. The Bertz CT molecular complexity index is 982. The Kier molecular flexibility index (Phi) is 5.78. The van der Waals surface area contributed by atoms with E-state index < -0.39 is 22.6 Å². The first kappa shape index (κ1) is 19.7. The molecule has 8 heteroatoms. The molecule has 1 aliphatic carbocycles. The van der Waals surface area contributed by atoms with Gasteiger partial charge in [0.25, 0.3) is 0 Å². The van der Waals surface area contributed by atoms with Crippen molar-refractivity contribution < 1.29 is 22.7 Å². The molecule has 142 valence electrons. The van der Waals surface area contributed by atoms with Crippen LogP contribution in [0.25, 0.3) is 0 Å². The van der Waals surface area contributed by atoms with Crippen molar-refractivity contribution in [2.45, 2.75) is 30.7 Å². The summed E-state index contributed by atoms with van der Waals surface area (Å²) in [6.45, 7) is 1.26. The van der Waals surface area contributed by atoms with E-state index in [0.29, 0.717) is 11.1 Å². The Morgan fingerprint density at radius 3 is 2.44 bits per heavy atom. The molecular weight excluding hydrogens is 434 g/mol. The molecule has 0 radical (unpaired) electrons. The third-order valence-electron chi connectivity index (χ3n) is 4.14. The number of nitrogens with one attached hydrogen (secondary N) is 1. The van der Waals surface area contributed by atoms with E-state index in [1.54, 1.807) is 37.3 Å². The number of carbonyl (C=O) groups is 2. The number of sulfonamides is 1. The molecule has 3 rings (SSSR count). The highest BCUT2D eigenvalue weighted by Gasteiger charge is 2.28. The summed E-state index contributed by atoms with van der Waals surface area (Å²) in [5, 5.41) is 0. The van der Waals surface area contributed by atoms with Gasteiger partial charge in [-0.3, -0.25) is 4.79 Å². The monoisotopic (exact) mass is 451 g/mol. The minimum atomic E-state index is -3.68. The lowest BCUT2D eigenvalue weighted by atomic mass is 10.1. The molecule has 2 aromatic rings. The lowest BCUT2D eigenvalue weighted by Crippen LogP contribution is -2.26. The van der Waals surface area contributed by atoms with E-state index in [2.05, 4.69) is 20.7 Å². The van der Waals surface area contributed by atoms with Crippen LogP contribution in [0.4, 0.5) is 0 Å². The molecule has 0 amide bonds. The third kappa shape index (κ3) is 5.03. The Balaban J connectivity index is 1.71. The number of esters is 1. The van der Waals surface area contributed by atoms with E-state index in [1.165, 1.54) is 12.1 Å². The first-order valence-electron chi connectivity index (χ1n) is 8.35. The molecule has 1 fully saturated rings.